The first-order valence-corrected chi connectivity index (χ1v) is 5.71. The van der Waals surface area contributed by atoms with E-state index in [1.807, 2.05) is 24.8 Å². The number of aromatic nitrogens is 2. The molecule has 1 N–H and O–H groups in total. The van der Waals surface area contributed by atoms with Crippen molar-refractivity contribution in [1.29, 1.82) is 0 Å². The SMILES string of the molecule is Cc1cc(N2CCC(C)(C(=O)O)C2)nc(C)n1. The summed E-state index contributed by atoms with van der Waals surface area (Å²) in [5, 5.41) is 9.19. The van der Waals surface area contributed by atoms with Gasteiger partial charge >= 0.3 is 5.97 Å². The molecule has 1 aliphatic rings. The van der Waals surface area contributed by atoms with Gasteiger partial charge in [0, 0.05) is 24.8 Å². The Morgan fingerprint density at radius 2 is 2.18 bits per heavy atom. The lowest BCUT2D eigenvalue weighted by Crippen LogP contribution is -2.32. The molecule has 1 atom stereocenters. The second-order valence-electron chi connectivity index (χ2n) is 4.95. The van der Waals surface area contributed by atoms with Crippen molar-refractivity contribution in [3.8, 4) is 0 Å². The topological polar surface area (TPSA) is 66.3 Å². The Balaban J connectivity index is 2.23. The number of rotatable bonds is 2. The predicted octanol–water partition coefficient (Wildman–Crippen LogP) is 1.39. The zero-order valence-electron chi connectivity index (χ0n) is 10.4. The number of aryl methyl sites for hydroxylation is 2. The molecule has 1 fully saturated rings. The summed E-state index contributed by atoms with van der Waals surface area (Å²) < 4.78 is 0. The van der Waals surface area contributed by atoms with Crippen LogP contribution in [0.1, 0.15) is 24.9 Å². The lowest BCUT2D eigenvalue weighted by molar-refractivity contribution is -0.146. The van der Waals surface area contributed by atoms with Crippen molar-refractivity contribution >= 4 is 11.8 Å². The highest BCUT2D eigenvalue weighted by Crippen LogP contribution is 2.32. The lowest BCUT2D eigenvalue weighted by Gasteiger charge is -2.21. The van der Waals surface area contributed by atoms with Crippen molar-refractivity contribution in [2.75, 3.05) is 18.0 Å². The monoisotopic (exact) mass is 235 g/mol. The van der Waals surface area contributed by atoms with Crippen LogP contribution in [0.5, 0.6) is 0 Å². The second-order valence-corrected chi connectivity index (χ2v) is 4.95. The van der Waals surface area contributed by atoms with Gasteiger partial charge in [-0.25, -0.2) is 9.97 Å². The van der Waals surface area contributed by atoms with Gasteiger partial charge in [0.25, 0.3) is 0 Å². The first kappa shape index (κ1) is 11.8. The van der Waals surface area contributed by atoms with Crippen molar-refractivity contribution in [2.45, 2.75) is 27.2 Å². The largest absolute Gasteiger partial charge is 0.481 e. The first-order chi connectivity index (χ1) is 7.90. The quantitative estimate of drug-likeness (QED) is 0.839. The maximum absolute atomic E-state index is 11.2. The maximum Gasteiger partial charge on any atom is 0.311 e. The molecule has 0 radical (unpaired) electrons. The third-order valence-corrected chi connectivity index (χ3v) is 3.27. The van der Waals surface area contributed by atoms with Crippen molar-refractivity contribution in [3.05, 3.63) is 17.6 Å². The normalized spacial score (nSPS) is 24.1. The number of aliphatic carboxylic acids is 1. The minimum absolute atomic E-state index is 0.512. The molecule has 0 bridgehead atoms. The molecular formula is C12H17N3O2. The maximum atomic E-state index is 11.2. The van der Waals surface area contributed by atoms with Crippen LogP contribution in [0.4, 0.5) is 5.82 Å². The molecule has 1 aromatic heterocycles. The predicted molar refractivity (Wildman–Crippen MR) is 64.1 cm³/mol. The summed E-state index contributed by atoms with van der Waals surface area (Å²) >= 11 is 0. The average molecular weight is 235 g/mol. The molecule has 0 aliphatic carbocycles. The van der Waals surface area contributed by atoms with Gasteiger partial charge in [0.2, 0.25) is 0 Å². The van der Waals surface area contributed by atoms with Crippen LogP contribution < -0.4 is 4.90 Å². The molecule has 92 valence electrons. The molecule has 0 saturated carbocycles. The van der Waals surface area contributed by atoms with E-state index in [1.165, 1.54) is 0 Å². The van der Waals surface area contributed by atoms with E-state index >= 15 is 0 Å². The van der Waals surface area contributed by atoms with Crippen LogP contribution in [-0.2, 0) is 4.79 Å². The number of anilines is 1. The summed E-state index contributed by atoms with van der Waals surface area (Å²) in [6.07, 6.45) is 0.657. The third kappa shape index (κ3) is 2.23. The number of hydrogen-bond acceptors (Lipinski definition) is 4. The molecule has 1 unspecified atom stereocenters. The molecule has 1 aliphatic heterocycles. The summed E-state index contributed by atoms with van der Waals surface area (Å²) in [6.45, 7) is 6.81. The molecule has 1 saturated heterocycles. The van der Waals surface area contributed by atoms with Crippen molar-refractivity contribution in [1.82, 2.24) is 9.97 Å². The summed E-state index contributed by atoms with van der Waals surface area (Å²) in [5.74, 6) is 0.825. The summed E-state index contributed by atoms with van der Waals surface area (Å²) in [4.78, 5) is 21.8. The number of carbonyl (C=O) groups is 1. The number of hydrogen-bond donors (Lipinski definition) is 1. The van der Waals surface area contributed by atoms with Crippen LogP contribution in [-0.4, -0.2) is 34.1 Å². The van der Waals surface area contributed by atoms with Crippen LogP contribution in [0.15, 0.2) is 6.07 Å². The Morgan fingerprint density at radius 1 is 1.47 bits per heavy atom. The molecule has 2 rings (SSSR count). The Kier molecular flexibility index (Phi) is 2.77. The van der Waals surface area contributed by atoms with Crippen LogP contribution in [0.3, 0.4) is 0 Å². The third-order valence-electron chi connectivity index (χ3n) is 3.27. The standard InChI is InChI=1S/C12H17N3O2/c1-8-6-10(14-9(2)13-8)15-5-4-12(3,7-15)11(16)17/h6H,4-5,7H2,1-3H3,(H,16,17). The molecular weight excluding hydrogens is 218 g/mol. The van der Waals surface area contributed by atoms with Gasteiger partial charge in [-0.05, 0) is 27.2 Å². The smallest absolute Gasteiger partial charge is 0.311 e. The van der Waals surface area contributed by atoms with Gasteiger partial charge in [-0.2, -0.15) is 0 Å². The van der Waals surface area contributed by atoms with Gasteiger partial charge in [0.1, 0.15) is 11.6 Å². The van der Waals surface area contributed by atoms with Crippen LogP contribution >= 0.6 is 0 Å². The highest BCUT2D eigenvalue weighted by atomic mass is 16.4. The fourth-order valence-corrected chi connectivity index (χ4v) is 2.19. The Morgan fingerprint density at radius 3 is 2.71 bits per heavy atom. The number of carboxylic acids is 1. The van der Waals surface area contributed by atoms with Crippen LogP contribution in [0, 0.1) is 19.3 Å². The molecule has 5 nitrogen and oxygen atoms in total. The lowest BCUT2D eigenvalue weighted by atomic mass is 9.90. The van der Waals surface area contributed by atoms with E-state index in [0.29, 0.717) is 13.0 Å². The molecule has 17 heavy (non-hydrogen) atoms. The summed E-state index contributed by atoms with van der Waals surface area (Å²) in [6, 6.07) is 1.90. The van der Waals surface area contributed by atoms with Gasteiger partial charge < -0.3 is 10.0 Å². The van der Waals surface area contributed by atoms with E-state index in [0.717, 1.165) is 23.9 Å². The fourth-order valence-electron chi connectivity index (χ4n) is 2.19. The molecule has 2 heterocycles. The Bertz CT molecular complexity index is 441. The second kappa shape index (κ2) is 3.98. The number of nitrogens with zero attached hydrogens (tertiary/aromatic N) is 3. The van der Waals surface area contributed by atoms with Crippen molar-refractivity contribution in [3.63, 3.8) is 0 Å². The fraction of sp³-hybridized carbons (Fsp3) is 0.583. The van der Waals surface area contributed by atoms with Crippen LogP contribution in [0.25, 0.3) is 0 Å². The zero-order valence-corrected chi connectivity index (χ0v) is 10.4. The molecule has 0 spiro atoms. The van der Waals surface area contributed by atoms with Gasteiger partial charge in [-0.1, -0.05) is 0 Å². The highest BCUT2D eigenvalue weighted by Gasteiger charge is 2.40. The molecule has 5 heteroatoms. The summed E-state index contributed by atoms with van der Waals surface area (Å²) in [5.41, 5.74) is 0.253. The van der Waals surface area contributed by atoms with E-state index in [2.05, 4.69) is 9.97 Å². The van der Waals surface area contributed by atoms with E-state index < -0.39 is 11.4 Å². The summed E-state index contributed by atoms with van der Waals surface area (Å²) in [7, 11) is 0. The first-order valence-electron chi connectivity index (χ1n) is 5.71. The molecule has 0 amide bonds. The van der Waals surface area contributed by atoms with E-state index in [9.17, 15) is 9.90 Å². The van der Waals surface area contributed by atoms with Crippen molar-refractivity contribution < 1.29 is 9.90 Å². The number of carboxylic acid groups (broad SMARTS) is 1. The Hall–Kier alpha value is -1.65. The van der Waals surface area contributed by atoms with Crippen LogP contribution in [0.2, 0.25) is 0 Å². The van der Waals surface area contributed by atoms with E-state index in [4.69, 9.17) is 0 Å². The van der Waals surface area contributed by atoms with Gasteiger partial charge in [-0.3, -0.25) is 4.79 Å². The Labute approximate surface area is 100 Å². The minimum Gasteiger partial charge on any atom is -0.481 e. The minimum atomic E-state index is -0.734. The average Bonchev–Trinajstić information content (AvgIpc) is 2.61. The molecule has 0 aromatic carbocycles. The van der Waals surface area contributed by atoms with Gasteiger partial charge in [0.15, 0.2) is 0 Å². The van der Waals surface area contributed by atoms with E-state index in [-0.39, 0.29) is 0 Å². The van der Waals surface area contributed by atoms with Gasteiger partial charge in [0.05, 0.1) is 5.41 Å². The highest BCUT2D eigenvalue weighted by molar-refractivity contribution is 5.76. The van der Waals surface area contributed by atoms with Gasteiger partial charge in [-0.15, -0.1) is 0 Å². The zero-order chi connectivity index (χ0) is 12.6. The van der Waals surface area contributed by atoms with Crippen molar-refractivity contribution in [2.24, 2.45) is 5.41 Å². The van der Waals surface area contributed by atoms with E-state index in [1.54, 1.807) is 6.92 Å². The molecule has 1 aromatic rings.